The molecule has 1 fully saturated rings. The second-order valence-corrected chi connectivity index (χ2v) is 15.9. The van der Waals surface area contributed by atoms with Crippen LogP contribution in [0.1, 0.15) is 47.1 Å². The highest BCUT2D eigenvalue weighted by molar-refractivity contribution is 6.99. The van der Waals surface area contributed by atoms with E-state index in [1.807, 2.05) is 32.0 Å². The summed E-state index contributed by atoms with van der Waals surface area (Å²) in [5.74, 6) is -0.662. The summed E-state index contributed by atoms with van der Waals surface area (Å²) >= 11 is 0. The molecule has 0 aromatic heterocycles. The molecule has 4 rings (SSSR count). The molecule has 37 heavy (non-hydrogen) atoms. The molecule has 1 aliphatic heterocycles. The highest BCUT2D eigenvalue weighted by Crippen LogP contribution is 2.38. The predicted molar refractivity (Wildman–Crippen MR) is 151 cm³/mol. The minimum absolute atomic E-state index is 0.131. The van der Waals surface area contributed by atoms with E-state index in [1.54, 1.807) is 0 Å². The Hall–Kier alpha value is -2.32. The summed E-state index contributed by atoms with van der Waals surface area (Å²) in [5, 5.41) is 2.35. The molecule has 0 unspecified atom stereocenters. The predicted octanol–water partition coefficient (Wildman–Crippen LogP) is 5.19. The van der Waals surface area contributed by atoms with Crippen molar-refractivity contribution >= 4 is 18.7 Å². The third-order valence-corrected chi connectivity index (χ3v) is 12.1. The van der Waals surface area contributed by atoms with Gasteiger partial charge in [0.05, 0.1) is 25.4 Å². The van der Waals surface area contributed by atoms with Crippen molar-refractivity contribution in [1.29, 1.82) is 0 Å². The summed E-state index contributed by atoms with van der Waals surface area (Å²) in [4.78, 5) is 6.08. The van der Waals surface area contributed by atoms with Crippen molar-refractivity contribution in [2.75, 3.05) is 13.2 Å². The van der Waals surface area contributed by atoms with E-state index in [1.165, 1.54) is 10.4 Å². The van der Waals surface area contributed by atoms with Crippen molar-refractivity contribution in [3.8, 4) is 0 Å². The van der Waals surface area contributed by atoms with Crippen LogP contribution < -0.4 is 15.9 Å². The monoisotopic (exact) mass is 519 g/mol. The van der Waals surface area contributed by atoms with Crippen LogP contribution in [0, 0.1) is 0 Å². The molecule has 0 aliphatic carbocycles. The van der Waals surface area contributed by atoms with Gasteiger partial charge in [0, 0.05) is 0 Å². The maximum Gasteiger partial charge on any atom is 0.261 e. The lowest BCUT2D eigenvalue weighted by Gasteiger charge is -2.46. The van der Waals surface area contributed by atoms with Crippen LogP contribution in [0.5, 0.6) is 0 Å². The van der Waals surface area contributed by atoms with Gasteiger partial charge < -0.3 is 13.9 Å². The first kappa shape index (κ1) is 27.7. The van der Waals surface area contributed by atoms with Gasteiger partial charge in [-0.25, -0.2) is 0 Å². The zero-order valence-electron chi connectivity index (χ0n) is 23.0. The number of rotatable bonds is 10. The Balaban J connectivity index is 1.67. The Morgan fingerprint density at radius 3 is 1.81 bits per heavy atom. The zero-order valence-corrected chi connectivity index (χ0v) is 24.0. The number of nitrogens with one attached hydrogen (secondary N) is 1. The Bertz CT molecular complexity index is 1080. The Morgan fingerprint density at radius 1 is 0.838 bits per heavy atom. The van der Waals surface area contributed by atoms with E-state index in [2.05, 4.69) is 106 Å². The first-order valence-electron chi connectivity index (χ1n) is 13.1. The molecular weight excluding hydrogens is 478 g/mol. The Kier molecular flexibility index (Phi) is 8.38. The van der Waals surface area contributed by atoms with Crippen LogP contribution in [0.25, 0.3) is 0 Å². The molecule has 5 nitrogen and oxygen atoms in total. The van der Waals surface area contributed by atoms with Crippen LogP contribution in [-0.2, 0) is 25.3 Å². The molecule has 0 saturated carbocycles. The van der Waals surface area contributed by atoms with Gasteiger partial charge in [0.1, 0.15) is 6.10 Å². The summed E-state index contributed by atoms with van der Waals surface area (Å²) in [5.41, 5.74) is 3.78. The van der Waals surface area contributed by atoms with Crippen LogP contribution in [0.3, 0.4) is 0 Å². The van der Waals surface area contributed by atoms with Gasteiger partial charge >= 0.3 is 0 Å². The Labute approximate surface area is 223 Å². The van der Waals surface area contributed by atoms with Crippen LogP contribution >= 0.6 is 0 Å². The normalized spacial score (nSPS) is 19.5. The number of hydrogen-bond acceptors (Lipinski definition) is 5. The molecule has 1 heterocycles. The van der Waals surface area contributed by atoms with Crippen molar-refractivity contribution in [2.45, 2.75) is 70.6 Å². The number of hydrogen-bond donors (Lipinski definition) is 1. The van der Waals surface area contributed by atoms with Gasteiger partial charge in [0.2, 0.25) is 0 Å². The molecule has 3 aromatic rings. The van der Waals surface area contributed by atoms with E-state index in [0.717, 1.165) is 5.56 Å². The molecule has 2 atom stereocenters. The quantitative estimate of drug-likeness (QED) is 0.295. The van der Waals surface area contributed by atoms with Crippen LogP contribution in [0.2, 0.25) is 5.04 Å². The minimum Gasteiger partial charge on any atom is -0.405 e. The highest BCUT2D eigenvalue weighted by atomic mass is 28.4. The molecule has 1 aliphatic rings. The molecule has 0 bridgehead atoms. The average Bonchev–Trinajstić information content (AvgIpc) is 3.26. The summed E-state index contributed by atoms with van der Waals surface area (Å²) in [7, 11) is -2.74. The highest BCUT2D eigenvalue weighted by Gasteiger charge is 2.53. The molecule has 0 spiro atoms. The summed E-state index contributed by atoms with van der Waals surface area (Å²) in [6.45, 7) is 14.1. The van der Waals surface area contributed by atoms with Crippen molar-refractivity contribution in [2.24, 2.45) is 0 Å². The lowest BCUT2D eigenvalue weighted by Crippen LogP contribution is -2.69. The first-order valence-corrected chi connectivity index (χ1v) is 15.0. The molecule has 3 aromatic carbocycles. The second-order valence-electron chi connectivity index (χ2n) is 11.6. The fourth-order valence-corrected chi connectivity index (χ4v) is 9.74. The van der Waals surface area contributed by atoms with Crippen LogP contribution in [0.4, 0.5) is 0 Å². The zero-order chi connectivity index (χ0) is 26.6. The standard InChI is InChI=1S/C31H41NO4Si/c1-29(2,3)37(26-18-12-8-13-19-26,27-20-14-9-15-21-27)35-24-31(6,28-23-33-30(4,5)36-28)32-34-22-25-16-10-7-11-17-25/h7-21,28,32H,22-24H2,1-6H3/t28-,31-/m0/s1. The summed E-state index contributed by atoms with van der Waals surface area (Å²) in [6.07, 6.45) is -0.253. The van der Waals surface area contributed by atoms with E-state index in [0.29, 0.717) is 19.8 Å². The number of ether oxygens (including phenoxy) is 2. The van der Waals surface area contributed by atoms with Crippen molar-refractivity contribution in [3.05, 3.63) is 96.6 Å². The third-order valence-electron chi connectivity index (χ3n) is 7.11. The summed E-state index contributed by atoms with van der Waals surface area (Å²) < 4.78 is 19.6. The first-order chi connectivity index (χ1) is 17.6. The minimum atomic E-state index is -2.74. The van der Waals surface area contributed by atoms with E-state index in [9.17, 15) is 0 Å². The molecule has 0 amide bonds. The molecular formula is C31H41NO4Si. The smallest absolute Gasteiger partial charge is 0.261 e. The van der Waals surface area contributed by atoms with Crippen molar-refractivity contribution in [1.82, 2.24) is 5.48 Å². The van der Waals surface area contributed by atoms with Crippen molar-refractivity contribution in [3.63, 3.8) is 0 Å². The second kappa shape index (κ2) is 11.2. The maximum atomic E-state index is 7.28. The van der Waals surface area contributed by atoms with Gasteiger partial charge in [0.15, 0.2) is 5.79 Å². The van der Waals surface area contributed by atoms with Gasteiger partial charge in [-0.1, -0.05) is 112 Å². The van der Waals surface area contributed by atoms with Crippen LogP contribution in [-0.4, -0.2) is 39.0 Å². The maximum absolute atomic E-state index is 7.28. The fourth-order valence-electron chi connectivity index (χ4n) is 5.07. The SMILES string of the molecule is CC1(C)OC[C@@H]([C@](C)(CO[Si](c2ccccc2)(c2ccccc2)C(C)(C)C)NOCc2ccccc2)O1. The molecule has 198 valence electrons. The van der Waals surface area contributed by atoms with Gasteiger partial charge in [-0.15, -0.1) is 0 Å². The Morgan fingerprint density at radius 2 is 1.35 bits per heavy atom. The van der Waals surface area contributed by atoms with Crippen molar-refractivity contribution < 1.29 is 18.7 Å². The molecule has 1 saturated heterocycles. The largest absolute Gasteiger partial charge is 0.405 e. The van der Waals surface area contributed by atoms with Gasteiger partial charge in [-0.2, -0.15) is 5.48 Å². The van der Waals surface area contributed by atoms with E-state index in [-0.39, 0.29) is 11.1 Å². The molecule has 6 heteroatoms. The lowest BCUT2D eigenvalue weighted by molar-refractivity contribution is -0.164. The van der Waals surface area contributed by atoms with Crippen LogP contribution in [0.15, 0.2) is 91.0 Å². The molecule has 1 N–H and O–H groups in total. The number of hydroxylamine groups is 1. The summed E-state index contributed by atoms with van der Waals surface area (Å²) in [6, 6.07) is 31.5. The van der Waals surface area contributed by atoms with Gasteiger partial charge in [-0.3, -0.25) is 4.84 Å². The van der Waals surface area contributed by atoms with E-state index in [4.69, 9.17) is 18.7 Å². The van der Waals surface area contributed by atoms with Gasteiger partial charge in [-0.05, 0) is 41.7 Å². The topological polar surface area (TPSA) is 49.0 Å². The van der Waals surface area contributed by atoms with E-state index >= 15 is 0 Å². The average molecular weight is 520 g/mol. The lowest BCUT2D eigenvalue weighted by atomic mass is 9.97. The molecule has 0 radical (unpaired) electrons. The van der Waals surface area contributed by atoms with E-state index < -0.39 is 19.6 Å². The fraction of sp³-hybridized carbons (Fsp3) is 0.419. The number of benzene rings is 3. The van der Waals surface area contributed by atoms with Gasteiger partial charge in [0.25, 0.3) is 8.32 Å². The third kappa shape index (κ3) is 6.23.